The van der Waals surface area contributed by atoms with Crippen LogP contribution < -0.4 is 14.4 Å². The van der Waals surface area contributed by atoms with Gasteiger partial charge in [0.1, 0.15) is 11.5 Å². The first kappa shape index (κ1) is 16.1. The molecule has 0 amide bonds. The second-order valence-electron chi connectivity index (χ2n) is 5.66. The van der Waals surface area contributed by atoms with Gasteiger partial charge in [0.05, 0.1) is 30.9 Å². The van der Waals surface area contributed by atoms with E-state index in [0.717, 1.165) is 39.6 Å². The standard InChI is InChI=1S/C19H21N3O2/c1-13-19(21-17-8-6-5-7-16(17)20-13)22(2)12-14-11-15(23-3)9-10-18(14)24-4/h5-11H,12H2,1-4H3. The molecule has 0 aliphatic carbocycles. The summed E-state index contributed by atoms with van der Waals surface area (Å²) in [6.45, 7) is 2.63. The van der Waals surface area contributed by atoms with Crippen molar-refractivity contribution in [2.24, 2.45) is 0 Å². The molecule has 0 radical (unpaired) electrons. The number of methoxy groups -OCH3 is 2. The summed E-state index contributed by atoms with van der Waals surface area (Å²) in [6.07, 6.45) is 0. The Morgan fingerprint density at radius 3 is 2.33 bits per heavy atom. The maximum atomic E-state index is 5.46. The van der Waals surface area contributed by atoms with Crippen LogP contribution in [-0.2, 0) is 6.54 Å². The van der Waals surface area contributed by atoms with Gasteiger partial charge in [-0.1, -0.05) is 12.1 Å². The van der Waals surface area contributed by atoms with Gasteiger partial charge in [0, 0.05) is 19.2 Å². The lowest BCUT2D eigenvalue weighted by molar-refractivity contribution is 0.398. The Morgan fingerprint density at radius 2 is 1.67 bits per heavy atom. The monoisotopic (exact) mass is 323 g/mol. The molecule has 5 heteroatoms. The summed E-state index contributed by atoms with van der Waals surface area (Å²) in [5.74, 6) is 2.49. The zero-order valence-corrected chi connectivity index (χ0v) is 14.4. The van der Waals surface area contributed by atoms with Gasteiger partial charge in [0.15, 0.2) is 5.82 Å². The number of nitrogens with zero attached hydrogens (tertiary/aromatic N) is 3. The smallest absolute Gasteiger partial charge is 0.150 e. The Kier molecular flexibility index (Phi) is 4.51. The summed E-state index contributed by atoms with van der Waals surface area (Å²) in [5.41, 5.74) is 3.74. The molecule has 124 valence electrons. The number of rotatable bonds is 5. The highest BCUT2D eigenvalue weighted by atomic mass is 16.5. The molecule has 24 heavy (non-hydrogen) atoms. The first-order valence-corrected chi connectivity index (χ1v) is 7.78. The fourth-order valence-corrected chi connectivity index (χ4v) is 2.78. The number of ether oxygens (including phenoxy) is 2. The summed E-state index contributed by atoms with van der Waals surface area (Å²) < 4.78 is 10.8. The average molecular weight is 323 g/mol. The molecule has 0 N–H and O–H groups in total. The first-order chi connectivity index (χ1) is 11.6. The fraction of sp³-hybridized carbons (Fsp3) is 0.263. The van der Waals surface area contributed by atoms with E-state index >= 15 is 0 Å². The first-order valence-electron chi connectivity index (χ1n) is 7.78. The van der Waals surface area contributed by atoms with Crippen LogP contribution in [0.4, 0.5) is 5.82 Å². The third-order valence-corrected chi connectivity index (χ3v) is 3.98. The molecule has 0 aliphatic rings. The van der Waals surface area contributed by atoms with Gasteiger partial charge in [0.2, 0.25) is 0 Å². The third-order valence-electron chi connectivity index (χ3n) is 3.98. The Balaban J connectivity index is 1.95. The van der Waals surface area contributed by atoms with E-state index in [1.807, 2.05) is 56.4 Å². The summed E-state index contributed by atoms with van der Waals surface area (Å²) >= 11 is 0. The van der Waals surface area contributed by atoms with Crippen LogP contribution in [0, 0.1) is 6.92 Å². The SMILES string of the molecule is COc1ccc(OC)c(CN(C)c2nc3ccccc3nc2C)c1. The second kappa shape index (κ2) is 6.74. The number of para-hydroxylation sites is 2. The molecule has 0 aliphatic heterocycles. The van der Waals surface area contributed by atoms with Crippen molar-refractivity contribution in [2.45, 2.75) is 13.5 Å². The van der Waals surface area contributed by atoms with Crippen molar-refractivity contribution in [1.82, 2.24) is 9.97 Å². The molecule has 3 rings (SSSR count). The number of hydrogen-bond donors (Lipinski definition) is 0. The number of aromatic nitrogens is 2. The molecule has 0 fully saturated rings. The third kappa shape index (κ3) is 3.11. The predicted molar refractivity (Wildman–Crippen MR) is 95.9 cm³/mol. The van der Waals surface area contributed by atoms with Crippen molar-refractivity contribution in [3.63, 3.8) is 0 Å². The van der Waals surface area contributed by atoms with Gasteiger partial charge < -0.3 is 14.4 Å². The van der Waals surface area contributed by atoms with Gasteiger partial charge in [0.25, 0.3) is 0 Å². The van der Waals surface area contributed by atoms with Gasteiger partial charge in [-0.25, -0.2) is 9.97 Å². The normalized spacial score (nSPS) is 10.7. The average Bonchev–Trinajstić information content (AvgIpc) is 2.60. The van der Waals surface area contributed by atoms with Gasteiger partial charge in [-0.3, -0.25) is 0 Å². The van der Waals surface area contributed by atoms with E-state index < -0.39 is 0 Å². The lowest BCUT2D eigenvalue weighted by atomic mass is 10.1. The molecular formula is C19H21N3O2. The van der Waals surface area contributed by atoms with E-state index in [-0.39, 0.29) is 0 Å². The van der Waals surface area contributed by atoms with E-state index in [4.69, 9.17) is 14.5 Å². The minimum atomic E-state index is 0.647. The number of aryl methyl sites for hydroxylation is 1. The molecular weight excluding hydrogens is 302 g/mol. The summed E-state index contributed by atoms with van der Waals surface area (Å²) in [5, 5.41) is 0. The molecule has 1 heterocycles. The lowest BCUT2D eigenvalue weighted by Gasteiger charge is -2.21. The zero-order chi connectivity index (χ0) is 17.1. The van der Waals surface area contributed by atoms with Crippen LogP contribution in [0.3, 0.4) is 0 Å². The van der Waals surface area contributed by atoms with Crippen LogP contribution in [0.5, 0.6) is 11.5 Å². The maximum absolute atomic E-state index is 5.46. The van der Waals surface area contributed by atoms with E-state index in [1.54, 1.807) is 14.2 Å². The quantitative estimate of drug-likeness (QED) is 0.718. The lowest BCUT2D eigenvalue weighted by Crippen LogP contribution is -2.20. The van der Waals surface area contributed by atoms with E-state index in [1.165, 1.54) is 0 Å². The topological polar surface area (TPSA) is 47.5 Å². The number of fused-ring (bicyclic) bond motifs is 1. The van der Waals surface area contributed by atoms with Crippen molar-refractivity contribution in [3.05, 3.63) is 53.7 Å². The van der Waals surface area contributed by atoms with Crippen LogP contribution in [-0.4, -0.2) is 31.2 Å². The van der Waals surface area contributed by atoms with Gasteiger partial charge in [-0.05, 0) is 37.3 Å². The minimum Gasteiger partial charge on any atom is -0.497 e. The van der Waals surface area contributed by atoms with Crippen LogP contribution >= 0.6 is 0 Å². The summed E-state index contributed by atoms with van der Waals surface area (Å²) in [6, 6.07) is 13.7. The number of benzene rings is 2. The van der Waals surface area contributed by atoms with E-state index in [0.29, 0.717) is 6.54 Å². The molecule has 3 aromatic rings. The zero-order valence-electron chi connectivity index (χ0n) is 14.4. The van der Waals surface area contributed by atoms with Crippen LogP contribution in [0.1, 0.15) is 11.3 Å². The predicted octanol–water partition coefficient (Wildman–Crippen LogP) is 3.59. The highest BCUT2D eigenvalue weighted by Gasteiger charge is 2.13. The van der Waals surface area contributed by atoms with Crippen LogP contribution in [0.15, 0.2) is 42.5 Å². The molecule has 0 atom stereocenters. The minimum absolute atomic E-state index is 0.647. The number of hydrogen-bond acceptors (Lipinski definition) is 5. The fourth-order valence-electron chi connectivity index (χ4n) is 2.78. The van der Waals surface area contributed by atoms with Crippen LogP contribution in [0.25, 0.3) is 11.0 Å². The largest absolute Gasteiger partial charge is 0.497 e. The number of anilines is 1. The molecule has 0 unspecified atom stereocenters. The van der Waals surface area contributed by atoms with Gasteiger partial charge in [-0.15, -0.1) is 0 Å². The van der Waals surface area contributed by atoms with Crippen molar-refractivity contribution >= 4 is 16.9 Å². The molecule has 1 aromatic heterocycles. The highest BCUT2D eigenvalue weighted by Crippen LogP contribution is 2.27. The van der Waals surface area contributed by atoms with E-state index in [2.05, 4.69) is 9.88 Å². The maximum Gasteiger partial charge on any atom is 0.150 e. The summed E-state index contributed by atoms with van der Waals surface area (Å²) in [4.78, 5) is 11.5. The Hall–Kier alpha value is -2.82. The molecule has 0 saturated heterocycles. The van der Waals surface area contributed by atoms with Crippen LogP contribution in [0.2, 0.25) is 0 Å². The van der Waals surface area contributed by atoms with Gasteiger partial charge >= 0.3 is 0 Å². The van der Waals surface area contributed by atoms with Crippen molar-refractivity contribution in [1.29, 1.82) is 0 Å². The second-order valence-corrected chi connectivity index (χ2v) is 5.66. The highest BCUT2D eigenvalue weighted by molar-refractivity contribution is 5.76. The van der Waals surface area contributed by atoms with Gasteiger partial charge in [-0.2, -0.15) is 0 Å². The molecule has 0 bridgehead atoms. The Bertz CT molecular complexity index is 864. The molecule has 5 nitrogen and oxygen atoms in total. The van der Waals surface area contributed by atoms with Crippen molar-refractivity contribution in [3.8, 4) is 11.5 Å². The Labute approximate surface area is 141 Å². The van der Waals surface area contributed by atoms with Crippen molar-refractivity contribution < 1.29 is 9.47 Å². The Morgan fingerprint density at radius 1 is 0.958 bits per heavy atom. The molecule has 0 spiro atoms. The van der Waals surface area contributed by atoms with E-state index in [9.17, 15) is 0 Å². The summed E-state index contributed by atoms with van der Waals surface area (Å²) in [7, 11) is 5.34. The molecule has 2 aromatic carbocycles. The molecule has 0 saturated carbocycles. The van der Waals surface area contributed by atoms with Crippen molar-refractivity contribution in [2.75, 3.05) is 26.2 Å².